The predicted molar refractivity (Wildman–Crippen MR) is 226 cm³/mol. The van der Waals surface area contributed by atoms with Crippen molar-refractivity contribution in [3.05, 3.63) is 48.6 Å². The van der Waals surface area contributed by atoms with Gasteiger partial charge in [-0.25, -0.2) is 0 Å². The van der Waals surface area contributed by atoms with E-state index in [1.165, 1.54) is 83.5 Å². The summed E-state index contributed by atoms with van der Waals surface area (Å²) in [5, 5.41) is 11.6. The Morgan fingerprint density at radius 3 is 1.45 bits per heavy atom. The van der Waals surface area contributed by atoms with Crippen molar-refractivity contribution in [2.45, 2.75) is 193 Å². The SMILES string of the molecule is CCCCC/C=C/C=C/C=C/C=C/CCCCCCCC(=O)OC(COCCC(C(=O)[O-])[N+](C)(C)C)COC(=O)CCCCCCCCCCCCCCC. The van der Waals surface area contributed by atoms with Crippen LogP contribution in [-0.4, -0.2) is 75.5 Å². The first-order chi connectivity index (χ1) is 26.6. The molecule has 8 heteroatoms. The second kappa shape index (κ2) is 38.2. The van der Waals surface area contributed by atoms with Gasteiger partial charge in [-0.15, -0.1) is 0 Å². The normalized spacial score (nSPS) is 13.4. The average molecular weight is 774 g/mol. The minimum absolute atomic E-state index is 0.0316. The number of ether oxygens (including phenoxy) is 3. The van der Waals surface area contributed by atoms with Crippen LogP contribution < -0.4 is 5.11 Å². The lowest BCUT2D eigenvalue weighted by Gasteiger charge is -2.34. The van der Waals surface area contributed by atoms with Crippen molar-refractivity contribution in [2.75, 3.05) is 41.0 Å². The van der Waals surface area contributed by atoms with Crippen LogP contribution in [0.3, 0.4) is 0 Å². The highest BCUT2D eigenvalue weighted by Crippen LogP contribution is 2.14. The number of unbranched alkanes of at least 4 members (excludes halogenated alkanes) is 20. The summed E-state index contributed by atoms with van der Waals surface area (Å²) in [7, 11) is 5.39. The third kappa shape index (κ3) is 36.7. The van der Waals surface area contributed by atoms with Crippen LogP contribution in [0.25, 0.3) is 0 Å². The molecule has 0 bridgehead atoms. The quantitative estimate of drug-likeness (QED) is 0.0265. The molecule has 0 heterocycles. The summed E-state index contributed by atoms with van der Waals surface area (Å²) in [5.74, 6) is -1.76. The van der Waals surface area contributed by atoms with E-state index >= 15 is 0 Å². The van der Waals surface area contributed by atoms with Gasteiger partial charge in [0.2, 0.25) is 0 Å². The van der Waals surface area contributed by atoms with Gasteiger partial charge in [0.15, 0.2) is 6.10 Å². The minimum Gasteiger partial charge on any atom is -0.544 e. The van der Waals surface area contributed by atoms with Gasteiger partial charge in [-0.05, 0) is 38.5 Å². The lowest BCUT2D eigenvalue weighted by atomic mass is 10.0. The van der Waals surface area contributed by atoms with Crippen LogP contribution in [0, 0.1) is 0 Å². The molecule has 0 aromatic carbocycles. The molecule has 0 saturated carbocycles. The van der Waals surface area contributed by atoms with Crippen molar-refractivity contribution in [1.29, 1.82) is 0 Å². The molecular weight excluding hydrogens is 691 g/mol. The van der Waals surface area contributed by atoms with Gasteiger partial charge in [0.25, 0.3) is 0 Å². The molecular formula is C47H83NO7. The molecule has 318 valence electrons. The van der Waals surface area contributed by atoms with Crippen molar-refractivity contribution in [2.24, 2.45) is 0 Å². The second-order valence-corrected chi connectivity index (χ2v) is 16.0. The molecule has 0 aliphatic carbocycles. The van der Waals surface area contributed by atoms with Crippen LogP contribution in [0.15, 0.2) is 48.6 Å². The minimum atomic E-state index is -1.13. The highest BCUT2D eigenvalue weighted by molar-refractivity contribution is 5.70. The third-order valence-electron chi connectivity index (χ3n) is 9.81. The fourth-order valence-corrected chi connectivity index (χ4v) is 6.32. The summed E-state index contributed by atoms with van der Waals surface area (Å²) < 4.78 is 17.1. The van der Waals surface area contributed by atoms with Gasteiger partial charge in [0.1, 0.15) is 12.6 Å². The maximum absolute atomic E-state index is 12.7. The number of rotatable bonds is 39. The smallest absolute Gasteiger partial charge is 0.306 e. The Kier molecular flexibility index (Phi) is 36.3. The largest absolute Gasteiger partial charge is 0.544 e. The van der Waals surface area contributed by atoms with Crippen LogP contribution in [0.1, 0.15) is 181 Å². The lowest BCUT2D eigenvalue weighted by Crippen LogP contribution is -2.55. The number of hydrogen-bond acceptors (Lipinski definition) is 7. The Hall–Kier alpha value is -2.71. The number of aliphatic carboxylic acids is 1. The summed E-state index contributed by atoms with van der Waals surface area (Å²) in [5.41, 5.74) is 0. The van der Waals surface area contributed by atoms with E-state index in [9.17, 15) is 19.5 Å². The molecule has 0 aliphatic heterocycles. The van der Waals surface area contributed by atoms with Gasteiger partial charge < -0.3 is 28.6 Å². The van der Waals surface area contributed by atoms with Gasteiger partial charge >= 0.3 is 11.9 Å². The molecule has 0 N–H and O–H groups in total. The molecule has 0 radical (unpaired) electrons. The number of esters is 2. The number of nitrogens with zero attached hydrogens (tertiary/aromatic N) is 1. The Morgan fingerprint density at radius 2 is 0.964 bits per heavy atom. The van der Waals surface area contributed by atoms with Gasteiger partial charge in [0.05, 0.1) is 40.3 Å². The Bertz CT molecular complexity index is 1040. The average Bonchev–Trinajstić information content (AvgIpc) is 3.14. The predicted octanol–water partition coefficient (Wildman–Crippen LogP) is 10.7. The highest BCUT2D eigenvalue weighted by atomic mass is 16.6. The maximum atomic E-state index is 12.7. The molecule has 8 nitrogen and oxygen atoms in total. The first-order valence-corrected chi connectivity index (χ1v) is 22.2. The maximum Gasteiger partial charge on any atom is 0.306 e. The molecule has 0 amide bonds. The fraction of sp³-hybridized carbons (Fsp3) is 0.766. The van der Waals surface area contributed by atoms with Crippen molar-refractivity contribution in [3.8, 4) is 0 Å². The van der Waals surface area contributed by atoms with Crippen molar-refractivity contribution in [3.63, 3.8) is 0 Å². The highest BCUT2D eigenvalue weighted by Gasteiger charge is 2.25. The van der Waals surface area contributed by atoms with E-state index in [-0.39, 0.29) is 42.7 Å². The van der Waals surface area contributed by atoms with Gasteiger partial charge in [-0.1, -0.05) is 172 Å². The van der Waals surface area contributed by atoms with Crippen LogP contribution in [0.2, 0.25) is 0 Å². The molecule has 0 fully saturated rings. The second-order valence-electron chi connectivity index (χ2n) is 16.0. The summed E-state index contributed by atoms with van der Waals surface area (Å²) in [6.45, 7) is 4.60. The summed E-state index contributed by atoms with van der Waals surface area (Å²) >= 11 is 0. The Labute approximate surface area is 337 Å². The molecule has 0 spiro atoms. The van der Waals surface area contributed by atoms with E-state index in [0.717, 1.165) is 64.2 Å². The Morgan fingerprint density at radius 1 is 0.545 bits per heavy atom. The number of carbonyl (C=O) groups excluding carboxylic acids is 3. The van der Waals surface area contributed by atoms with Crippen molar-refractivity contribution < 1.29 is 38.2 Å². The zero-order valence-corrected chi connectivity index (χ0v) is 36.1. The molecule has 2 unspecified atom stereocenters. The molecule has 2 atom stereocenters. The summed E-state index contributed by atoms with van der Waals surface area (Å²) in [6.07, 6.45) is 44.1. The fourth-order valence-electron chi connectivity index (χ4n) is 6.32. The first kappa shape index (κ1) is 52.3. The van der Waals surface area contributed by atoms with E-state index in [4.69, 9.17) is 14.2 Å². The number of quaternary nitrogens is 1. The lowest BCUT2D eigenvalue weighted by molar-refractivity contribution is -0.889. The van der Waals surface area contributed by atoms with Crippen LogP contribution in [-0.2, 0) is 28.6 Å². The summed E-state index contributed by atoms with van der Waals surface area (Å²) in [6, 6.07) is -0.730. The van der Waals surface area contributed by atoms with Gasteiger partial charge in [-0.3, -0.25) is 9.59 Å². The number of carboxylic acids is 1. The van der Waals surface area contributed by atoms with Crippen molar-refractivity contribution in [1.82, 2.24) is 0 Å². The van der Waals surface area contributed by atoms with E-state index < -0.39 is 18.1 Å². The third-order valence-corrected chi connectivity index (χ3v) is 9.81. The number of carboxylic acid groups (broad SMARTS) is 1. The number of carbonyl (C=O) groups is 3. The van der Waals surface area contributed by atoms with Gasteiger partial charge in [0, 0.05) is 19.3 Å². The van der Waals surface area contributed by atoms with E-state index in [0.29, 0.717) is 12.8 Å². The molecule has 0 saturated heterocycles. The molecule has 0 rings (SSSR count). The van der Waals surface area contributed by atoms with Crippen LogP contribution >= 0.6 is 0 Å². The Balaban J connectivity index is 4.40. The number of hydrogen-bond donors (Lipinski definition) is 0. The number of likely N-dealkylation sites (N-methyl/N-ethyl adjacent to an activating group) is 1. The summed E-state index contributed by atoms with van der Waals surface area (Å²) in [4.78, 5) is 36.8. The van der Waals surface area contributed by atoms with Gasteiger partial charge in [-0.2, -0.15) is 0 Å². The standard InChI is InChI=1S/C47H83NO7/c1-6-8-10-12-14-16-18-20-21-22-23-24-26-28-30-32-34-36-38-46(50)55-43(41-53-40-39-44(47(51)52)48(3,4)5)42-54-45(49)37-35-33-31-29-27-25-19-17-15-13-11-9-7-2/h14,16,18,20-24,43-44H,6-13,15,17,19,25-42H2,1-5H3/b16-14+,20-18+,22-21+,24-23+. The van der Waals surface area contributed by atoms with Crippen LogP contribution in [0.5, 0.6) is 0 Å². The van der Waals surface area contributed by atoms with E-state index in [2.05, 4.69) is 56.4 Å². The molecule has 0 aliphatic rings. The monoisotopic (exact) mass is 774 g/mol. The molecule has 0 aromatic rings. The zero-order valence-electron chi connectivity index (χ0n) is 36.1. The first-order valence-electron chi connectivity index (χ1n) is 22.2. The number of allylic oxidation sites excluding steroid dienone is 8. The van der Waals surface area contributed by atoms with E-state index in [1.54, 1.807) is 21.1 Å². The van der Waals surface area contributed by atoms with Crippen LogP contribution in [0.4, 0.5) is 0 Å². The molecule has 0 aromatic heterocycles. The van der Waals surface area contributed by atoms with Crippen molar-refractivity contribution >= 4 is 17.9 Å². The topological polar surface area (TPSA) is 102 Å². The zero-order chi connectivity index (χ0) is 40.7. The molecule has 55 heavy (non-hydrogen) atoms. The van der Waals surface area contributed by atoms with E-state index in [1.807, 2.05) is 6.08 Å².